The summed E-state index contributed by atoms with van der Waals surface area (Å²) in [6, 6.07) is 15.2. The van der Waals surface area contributed by atoms with Crippen molar-refractivity contribution in [3.63, 3.8) is 0 Å². The SMILES string of the molecule is COc1ccc(C(C(=O)N2CCC(C)CC2)n2cnc(NC(=O)[C@@H](COCc3ccccc3)NC(=O)C(C)(C)N)c2)cc1. The second-order valence-electron chi connectivity index (χ2n) is 11.6. The molecule has 3 amide bonds. The number of carbonyl (C=O) groups is 3. The predicted molar refractivity (Wildman–Crippen MR) is 163 cm³/mol. The molecule has 11 heteroatoms. The smallest absolute Gasteiger partial charge is 0.250 e. The van der Waals surface area contributed by atoms with E-state index in [0.29, 0.717) is 24.8 Å². The molecule has 1 fully saturated rings. The number of likely N-dealkylation sites (tertiary alicyclic amines) is 1. The average molecular weight is 591 g/mol. The lowest BCUT2D eigenvalue weighted by Gasteiger charge is -2.33. The van der Waals surface area contributed by atoms with Crippen LogP contribution in [0.1, 0.15) is 50.8 Å². The number of hydrogen-bond acceptors (Lipinski definition) is 7. The fraction of sp³-hybridized carbons (Fsp3) is 0.438. The maximum absolute atomic E-state index is 13.8. The summed E-state index contributed by atoms with van der Waals surface area (Å²) in [6.07, 6.45) is 5.04. The van der Waals surface area contributed by atoms with Gasteiger partial charge in [0.1, 0.15) is 17.8 Å². The third-order valence-corrected chi connectivity index (χ3v) is 7.51. The Morgan fingerprint density at radius 2 is 1.74 bits per heavy atom. The summed E-state index contributed by atoms with van der Waals surface area (Å²) < 4.78 is 12.8. The second kappa shape index (κ2) is 14.3. The lowest BCUT2D eigenvalue weighted by Crippen LogP contribution is -2.56. The Morgan fingerprint density at radius 3 is 2.37 bits per heavy atom. The largest absolute Gasteiger partial charge is 0.497 e. The van der Waals surface area contributed by atoms with Gasteiger partial charge in [0.25, 0.3) is 5.91 Å². The first-order valence-electron chi connectivity index (χ1n) is 14.5. The first-order chi connectivity index (χ1) is 20.5. The minimum atomic E-state index is -1.20. The van der Waals surface area contributed by atoms with Gasteiger partial charge >= 0.3 is 0 Å². The number of imidazole rings is 1. The van der Waals surface area contributed by atoms with E-state index in [1.807, 2.05) is 59.5 Å². The molecule has 43 heavy (non-hydrogen) atoms. The molecule has 4 rings (SSSR count). The van der Waals surface area contributed by atoms with Crippen LogP contribution in [0.2, 0.25) is 0 Å². The molecule has 230 valence electrons. The monoisotopic (exact) mass is 590 g/mol. The van der Waals surface area contributed by atoms with E-state index in [9.17, 15) is 14.4 Å². The lowest BCUT2D eigenvalue weighted by atomic mass is 9.97. The van der Waals surface area contributed by atoms with Gasteiger partial charge in [-0.1, -0.05) is 49.4 Å². The molecule has 0 spiro atoms. The van der Waals surface area contributed by atoms with Gasteiger partial charge in [0.05, 0.1) is 32.2 Å². The molecular formula is C32H42N6O5. The Hall–Kier alpha value is -4.22. The highest BCUT2D eigenvalue weighted by Crippen LogP contribution is 2.27. The van der Waals surface area contributed by atoms with Crippen LogP contribution in [-0.4, -0.2) is 70.6 Å². The van der Waals surface area contributed by atoms with Gasteiger partial charge in [-0.2, -0.15) is 0 Å². The third-order valence-electron chi connectivity index (χ3n) is 7.51. The van der Waals surface area contributed by atoms with Crippen molar-refractivity contribution in [1.29, 1.82) is 0 Å². The fourth-order valence-corrected chi connectivity index (χ4v) is 4.78. The topological polar surface area (TPSA) is 141 Å². The quantitative estimate of drug-likeness (QED) is 0.294. The van der Waals surface area contributed by atoms with E-state index in [2.05, 4.69) is 22.5 Å². The summed E-state index contributed by atoms with van der Waals surface area (Å²) in [7, 11) is 1.59. The molecule has 2 heterocycles. The lowest BCUT2D eigenvalue weighted by molar-refractivity contribution is -0.135. The van der Waals surface area contributed by atoms with Gasteiger partial charge < -0.3 is 35.3 Å². The molecule has 0 bridgehead atoms. The van der Waals surface area contributed by atoms with E-state index < -0.39 is 29.4 Å². The van der Waals surface area contributed by atoms with Crippen LogP contribution in [-0.2, 0) is 25.7 Å². The van der Waals surface area contributed by atoms with Crippen molar-refractivity contribution in [2.45, 2.75) is 57.8 Å². The molecule has 0 saturated carbocycles. The highest BCUT2D eigenvalue weighted by Gasteiger charge is 2.31. The van der Waals surface area contributed by atoms with E-state index in [-0.39, 0.29) is 24.9 Å². The van der Waals surface area contributed by atoms with Crippen molar-refractivity contribution < 1.29 is 23.9 Å². The number of piperidine rings is 1. The zero-order valence-electron chi connectivity index (χ0n) is 25.3. The van der Waals surface area contributed by atoms with Crippen LogP contribution in [0, 0.1) is 5.92 Å². The maximum Gasteiger partial charge on any atom is 0.250 e. The van der Waals surface area contributed by atoms with Crippen molar-refractivity contribution in [3.8, 4) is 5.75 Å². The molecule has 3 aromatic rings. The Kier molecular flexibility index (Phi) is 10.5. The van der Waals surface area contributed by atoms with Crippen molar-refractivity contribution in [2.75, 3.05) is 32.1 Å². The Labute approximate surface area is 252 Å². The standard InChI is InChI=1S/C32H42N6O5/c1-22-14-16-37(17-15-22)30(40)28(24-10-12-25(42-4)13-11-24)38-18-27(34-21-38)36-29(39)26(35-31(41)32(2,3)33)20-43-19-23-8-6-5-7-9-23/h5-13,18,21-22,26,28H,14-17,19-20,33H2,1-4H3,(H,35,41)(H,36,39)/t26-,28?/m1/s1. The molecule has 2 atom stereocenters. The first-order valence-corrected chi connectivity index (χ1v) is 14.5. The molecule has 0 radical (unpaired) electrons. The molecule has 1 saturated heterocycles. The molecule has 4 N–H and O–H groups in total. The number of carbonyl (C=O) groups excluding carboxylic acids is 3. The summed E-state index contributed by atoms with van der Waals surface area (Å²) in [5.41, 5.74) is 6.47. The predicted octanol–water partition coefficient (Wildman–Crippen LogP) is 3.12. The molecule has 1 aliphatic rings. The van der Waals surface area contributed by atoms with Crippen molar-refractivity contribution in [3.05, 3.63) is 78.2 Å². The van der Waals surface area contributed by atoms with E-state index in [1.54, 1.807) is 31.7 Å². The fourth-order valence-electron chi connectivity index (χ4n) is 4.78. The van der Waals surface area contributed by atoms with Crippen molar-refractivity contribution in [1.82, 2.24) is 19.8 Å². The number of amides is 3. The summed E-state index contributed by atoms with van der Waals surface area (Å²) in [6.45, 7) is 6.88. The van der Waals surface area contributed by atoms with Gasteiger partial charge in [-0.15, -0.1) is 0 Å². The number of rotatable bonds is 12. The highest BCUT2D eigenvalue weighted by molar-refractivity contribution is 5.98. The second-order valence-corrected chi connectivity index (χ2v) is 11.6. The number of methoxy groups -OCH3 is 1. The van der Waals surface area contributed by atoms with Crippen LogP contribution in [0.15, 0.2) is 67.1 Å². The van der Waals surface area contributed by atoms with Crippen LogP contribution < -0.4 is 21.1 Å². The van der Waals surface area contributed by atoms with E-state index in [1.165, 1.54) is 6.33 Å². The summed E-state index contributed by atoms with van der Waals surface area (Å²) in [5.74, 6) is 0.433. The van der Waals surface area contributed by atoms with E-state index in [4.69, 9.17) is 15.2 Å². The summed E-state index contributed by atoms with van der Waals surface area (Å²) >= 11 is 0. The molecule has 1 unspecified atom stereocenters. The Balaban J connectivity index is 1.52. The van der Waals surface area contributed by atoms with Crippen molar-refractivity contribution in [2.24, 2.45) is 11.7 Å². The number of aromatic nitrogens is 2. The molecule has 2 aromatic carbocycles. The number of benzene rings is 2. The van der Waals surface area contributed by atoms with E-state index >= 15 is 0 Å². The minimum Gasteiger partial charge on any atom is -0.497 e. The van der Waals surface area contributed by atoms with Crippen LogP contribution in [0.25, 0.3) is 0 Å². The van der Waals surface area contributed by atoms with Crippen LogP contribution in [0.3, 0.4) is 0 Å². The zero-order valence-corrected chi connectivity index (χ0v) is 25.3. The molecule has 1 aromatic heterocycles. The highest BCUT2D eigenvalue weighted by atomic mass is 16.5. The number of ether oxygens (including phenoxy) is 2. The Morgan fingerprint density at radius 1 is 1.07 bits per heavy atom. The Bertz CT molecular complexity index is 1360. The van der Waals surface area contributed by atoms with Gasteiger partial charge in [-0.25, -0.2) is 4.98 Å². The van der Waals surface area contributed by atoms with Crippen LogP contribution in [0.5, 0.6) is 5.75 Å². The van der Waals surface area contributed by atoms with Gasteiger partial charge in [-0.3, -0.25) is 14.4 Å². The first kappa shape index (κ1) is 31.7. The minimum absolute atomic E-state index is 0.0445. The third kappa shape index (κ3) is 8.65. The van der Waals surface area contributed by atoms with Crippen LogP contribution >= 0.6 is 0 Å². The number of hydrogen-bond donors (Lipinski definition) is 3. The molecular weight excluding hydrogens is 548 g/mol. The van der Waals surface area contributed by atoms with Gasteiger partial charge in [0.15, 0.2) is 5.82 Å². The van der Waals surface area contributed by atoms with E-state index in [0.717, 1.165) is 24.0 Å². The summed E-state index contributed by atoms with van der Waals surface area (Å²) in [4.78, 5) is 46.1. The van der Waals surface area contributed by atoms with Gasteiger partial charge in [0.2, 0.25) is 11.8 Å². The maximum atomic E-state index is 13.8. The number of nitrogens with one attached hydrogen (secondary N) is 2. The van der Waals surface area contributed by atoms with Crippen LogP contribution in [0.4, 0.5) is 5.82 Å². The normalized spacial score (nSPS) is 15.4. The number of anilines is 1. The van der Waals surface area contributed by atoms with Crippen molar-refractivity contribution >= 4 is 23.5 Å². The molecule has 0 aliphatic carbocycles. The number of nitrogens with two attached hydrogens (primary N) is 1. The number of nitrogens with zero attached hydrogens (tertiary/aromatic N) is 3. The molecule has 1 aliphatic heterocycles. The zero-order chi connectivity index (χ0) is 31.0. The van der Waals surface area contributed by atoms with Gasteiger partial charge in [0, 0.05) is 19.3 Å². The van der Waals surface area contributed by atoms with Gasteiger partial charge in [-0.05, 0) is 55.9 Å². The summed E-state index contributed by atoms with van der Waals surface area (Å²) in [5, 5.41) is 5.45. The average Bonchev–Trinajstić information content (AvgIpc) is 3.45. The molecule has 11 nitrogen and oxygen atoms in total.